The first-order chi connectivity index (χ1) is 8.32. The van der Waals surface area contributed by atoms with E-state index < -0.39 is 17.9 Å². The van der Waals surface area contributed by atoms with E-state index in [1.807, 2.05) is 0 Å². The number of benzene rings is 1. The molecule has 1 aromatic carbocycles. The van der Waals surface area contributed by atoms with E-state index in [1.54, 1.807) is 0 Å². The summed E-state index contributed by atoms with van der Waals surface area (Å²) in [5.41, 5.74) is 0. The molecule has 0 radical (unpaired) electrons. The lowest BCUT2D eigenvalue weighted by Crippen LogP contribution is -2.40. The van der Waals surface area contributed by atoms with Crippen molar-refractivity contribution in [2.75, 3.05) is 20.2 Å². The van der Waals surface area contributed by atoms with Gasteiger partial charge in [0.1, 0.15) is 6.61 Å². The molecule has 0 spiro atoms. The minimum Gasteiger partial charge on any atom is -0.489 e. The van der Waals surface area contributed by atoms with Crippen LogP contribution in [0.5, 0.6) is 5.75 Å². The van der Waals surface area contributed by atoms with Gasteiger partial charge in [0.15, 0.2) is 11.6 Å². The molecule has 0 heterocycles. The quantitative estimate of drug-likeness (QED) is 0.781. The van der Waals surface area contributed by atoms with Crippen LogP contribution in [0.4, 0.5) is 17.6 Å². The van der Waals surface area contributed by atoms with E-state index in [-0.39, 0.29) is 18.9 Å². The zero-order chi connectivity index (χ0) is 13.8. The standard InChI is InChI=1S/C11H11F4NO2/c1-16(10(17)11(13,14)15)6-7-18-9-5-3-2-4-8(9)12/h2-5H,6-7H2,1H3. The van der Waals surface area contributed by atoms with Gasteiger partial charge in [-0.3, -0.25) is 4.79 Å². The lowest BCUT2D eigenvalue weighted by Gasteiger charge is -2.18. The van der Waals surface area contributed by atoms with Crippen molar-refractivity contribution in [3.63, 3.8) is 0 Å². The van der Waals surface area contributed by atoms with Crippen molar-refractivity contribution < 1.29 is 27.1 Å². The van der Waals surface area contributed by atoms with Gasteiger partial charge in [0.25, 0.3) is 0 Å². The summed E-state index contributed by atoms with van der Waals surface area (Å²) in [6.45, 7) is -0.508. The van der Waals surface area contributed by atoms with Gasteiger partial charge < -0.3 is 9.64 Å². The summed E-state index contributed by atoms with van der Waals surface area (Å²) in [5.74, 6) is -2.63. The zero-order valence-corrected chi connectivity index (χ0v) is 9.50. The summed E-state index contributed by atoms with van der Waals surface area (Å²) in [6, 6.07) is 5.51. The fraction of sp³-hybridized carbons (Fsp3) is 0.364. The lowest BCUT2D eigenvalue weighted by molar-refractivity contribution is -0.184. The lowest BCUT2D eigenvalue weighted by atomic mass is 10.3. The number of hydrogen-bond acceptors (Lipinski definition) is 2. The molecule has 1 rings (SSSR count). The average molecular weight is 265 g/mol. The highest BCUT2D eigenvalue weighted by Crippen LogP contribution is 2.18. The number of para-hydroxylation sites is 1. The Hall–Kier alpha value is -1.79. The first-order valence-electron chi connectivity index (χ1n) is 5.02. The second-order valence-corrected chi connectivity index (χ2v) is 3.50. The molecular formula is C11H11F4NO2. The van der Waals surface area contributed by atoms with Crippen LogP contribution in [0.15, 0.2) is 24.3 Å². The minimum atomic E-state index is -4.91. The Morgan fingerprint density at radius 2 is 1.94 bits per heavy atom. The van der Waals surface area contributed by atoms with Crippen LogP contribution in [-0.2, 0) is 4.79 Å². The molecule has 0 fully saturated rings. The van der Waals surface area contributed by atoms with Crippen molar-refractivity contribution in [2.24, 2.45) is 0 Å². The summed E-state index contributed by atoms with van der Waals surface area (Å²) in [5, 5.41) is 0. The van der Waals surface area contributed by atoms with E-state index in [2.05, 4.69) is 0 Å². The van der Waals surface area contributed by atoms with E-state index in [0.717, 1.165) is 7.05 Å². The highest BCUT2D eigenvalue weighted by molar-refractivity contribution is 5.81. The predicted octanol–water partition coefficient (Wildman–Crippen LogP) is 2.23. The molecule has 0 aliphatic heterocycles. The molecule has 0 saturated heterocycles. The number of halogens is 4. The second kappa shape index (κ2) is 5.70. The molecule has 0 atom stereocenters. The number of ether oxygens (including phenoxy) is 1. The molecule has 0 N–H and O–H groups in total. The van der Waals surface area contributed by atoms with Crippen molar-refractivity contribution in [1.82, 2.24) is 4.90 Å². The largest absolute Gasteiger partial charge is 0.489 e. The Morgan fingerprint density at radius 1 is 1.33 bits per heavy atom. The molecule has 0 aliphatic carbocycles. The van der Waals surface area contributed by atoms with Gasteiger partial charge in [-0.15, -0.1) is 0 Å². The number of carbonyl (C=O) groups is 1. The minimum absolute atomic E-state index is 0.0645. The summed E-state index contributed by atoms with van der Waals surface area (Å²) in [7, 11) is 1.00. The molecule has 0 unspecified atom stereocenters. The Balaban J connectivity index is 2.43. The van der Waals surface area contributed by atoms with Crippen LogP contribution >= 0.6 is 0 Å². The van der Waals surface area contributed by atoms with Crippen LogP contribution in [0.2, 0.25) is 0 Å². The van der Waals surface area contributed by atoms with E-state index in [0.29, 0.717) is 4.90 Å². The maximum Gasteiger partial charge on any atom is 0.471 e. The van der Waals surface area contributed by atoms with Crippen molar-refractivity contribution in [3.8, 4) is 5.75 Å². The van der Waals surface area contributed by atoms with Gasteiger partial charge in [0.05, 0.1) is 6.54 Å². The molecule has 1 amide bonds. The molecule has 3 nitrogen and oxygen atoms in total. The molecule has 0 saturated carbocycles. The highest BCUT2D eigenvalue weighted by Gasteiger charge is 2.41. The maximum absolute atomic E-state index is 13.1. The van der Waals surface area contributed by atoms with Gasteiger partial charge in [0, 0.05) is 7.05 Å². The van der Waals surface area contributed by atoms with Gasteiger partial charge in [-0.1, -0.05) is 12.1 Å². The zero-order valence-electron chi connectivity index (χ0n) is 9.50. The van der Waals surface area contributed by atoms with Gasteiger partial charge in [-0.2, -0.15) is 13.2 Å². The van der Waals surface area contributed by atoms with Gasteiger partial charge in [-0.25, -0.2) is 4.39 Å². The number of likely N-dealkylation sites (N-methyl/N-ethyl adjacent to an activating group) is 1. The van der Waals surface area contributed by atoms with Crippen molar-refractivity contribution in [2.45, 2.75) is 6.18 Å². The van der Waals surface area contributed by atoms with Crippen LogP contribution in [0.3, 0.4) is 0 Å². The Bertz CT molecular complexity index is 420. The van der Waals surface area contributed by atoms with Gasteiger partial charge in [0.2, 0.25) is 0 Å². The maximum atomic E-state index is 13.1. The molecule has 0 bridgehead atoms. The van der Waals surface area contributed by atoms with E-state index in [9.17, 15) is 22.4 Å². The van der Waals surface area contributed by atoms with Crippen molar-refractivity contribution >= 4 is 5.91 Å². The Labute approximate surface area is 101 Å². The monoisotopic (exact) mass is 265 g/mol. The third-order valence-corrected chi connectivity index (χ3v) is 2.11. The van der Waals surface area contributed by atoms with Crippen LogP contribution < -0.4 is 4.74 Å². The predicted molar refractivity (Wildman–Crippen MR) is 55.6 cm³/mol. The summed E-state index contributed by atoms with van der Waals surface area (Å²) in [6.07, 6.45) is -4.91. The Morgan fingerprint density at radius 3 is 2.50 bits per heavy atom. The molecule has 18 heavy (non-hydrogen) atoms. The van der Waals surface area contributed by atoms with E-state index in [4.69, 9.17) is 4.74 Å². The van der Waals surface area contributed by atoms with Crippen LogP contribution in [0.25, 0.3) is 0 Å². The third kappa shape index (κ3) is 3.90. The van der Waals surface area contributed by atoms with Crippen molar-refractivity contribution in [1.29, 1.82) is 0 Å². The summed E-state index contributed by atoms with van der Waals surface area (Å²) in [4.78, 5) is 11.2. The molecule has 0 aliphatic rings. The molecular weight excluding hydrogens is 254 g/mol. The van der Waals surface area contributed by atoms with Gasteiger partial charge in [-0.05, 0) is 12.1 Å². The Kier molecular flexibility index (Phi) is 4.52. The average Bonchev–Trinajstić information content (AvgIpc) is 2.29. The fourth-order valence-electron chi connectivity index (χ4n) is 1.17. The number of amides is 1. The summed E-state index contributed by atoms with van der Waals surface area (Å²) < 4.78 is 54.1. The molecule has 100 valence electrons. The molecule has 1 aromatic rings. The summed E-state index contributed by atoms with van der Waals surface area (Å²) >= 11 is 0. The second-order valence-electron chi connectivity index (χ2n) is 3.50. The SMILES string of the molecule is CN(CCOc1ccccc1F)C(=O)C(F)(F)F. The van der Waals surface area contributed by atoms with E-state index >= 15 is 0 Å². The molecule has 7 heteroatoms. The fourth-order valence-corrected chi connectivity index (χ4v) is 1.17. The van der Waals surface area contributed by atoms with Crippen LogP contribution in [0.1, 0.15) is 0 Å². The highest BCUT2D eigenvalue weighted by atomic mass is 19.4. The van der Waals surface area contributed by atoms with Crippen LogP contribution in [0, 0.1) is 5.82 Å². The number of nitrogens with zero attached hydrogens (tertiary/aromatic N) is 1. The smallest absolute Gasteiger partial charge is 0.471 e. The normalized spacial score (nSPS) is 11.2. The number of alkyl halides is 3. The number of hydrogen-bond donors (Lipinski definition) is 0. The number of carbonyl (C=O) groups excluding carboxylic acids is 1. The first-order valence-corrected chi connectivity index (χ1v) is 5.02. The third-order valence-electron chi connectivity index (χ3n) is 2.11. The van der Waals surface area contributed by atoms with Gasteiger partial charge >= 0.3 is 12.1 Å². The topological polar surface area (TPSA) is 29.5 Å². The number of rotatable bonds is 4. The van der Waals surface area contributed by atoms with E-state index in [1.165, 1.54) is 24.3 Å². The molecule has 0 aromatic heterocycles. The van der Waals surface area contributed by atoms with Crippen molar-refractivity contribution in [3.05, 3.63) is 30.1 Å². The first kappa shape index (κ1) is 14.3. The van der Waals surface area contributed by atoms with Crippen LogP contribution in [-0.4, -0.2) is 37.2 Å².